The Morgan fingerprint density at radius 1 is 1.57 bits per heavy atom. The normalized spacial score (nSPS) is 14.3. The van der Waals surface area contributed by atoms with E-state index in [1.807, 2.05) is 13.8 Å². The van der Waals surface area contributed by atoms with Gasteiger partial charge in [0.2, 0.25) is 0 Å². The predicted molar refractivity (Wildman–Crippen MR) is 30.6 cm³/mol. The molecule has 0 heterocycles. The van der Waals surface area contributed by atoms with Crippen LogP contribution in [0.2, 0.25) is 0 Å². The van der Waals surface area contributed by atoms with Crippen LogP contribution in [0.15, 0.2) is 4.36 Å². The molecule has 0 aliphatic rings. The molecule has 2 nitrogen and oxygen atoms in total. The standard InChI is InChI=1S/C4H9NOS/c1-3(2)4(6)5-7/h3-4,6H,1-2H3. The highest BCUT2D eigenvalue weighted by atomic mass is 32.1. The van der Waals surface area contributed by atoms with Gasteiger partial charge >= 0.3 is 0 Å². The molecule has 0 saturated carbocycles. The molecule has 1 N–H and O–H groups in total. The van der Waals surface area contributed by atoms with E-state index in [-0.39, 0.29) is 5.92 Å². The van der Waals surface area contributed by atoms with Crippen molar-refractivity contribution >= 4 is 12.4 Å². The van der Waals surface area contributed by atoms with Crippen LogP contribution >= 0.6 is 0 Å². The van der Waals surface area contributed by atoms with E-state index >= 15 is 0 Å². The first-order valence-corrected chi connectivity index (χ1v) is 2.55. The minimum atomic E-state index is -0.657. The van der Waals surface area contributed by atoms with E-state index in [0.717, 1.165) is 0 Å². The topological polar surface area (TPSA) is 32.6 Å². The summed E-state index contributed by atoms with van der Waals surface area (Å²) in [5, 5.41) is 8.66. The molecule has 0 saturated heterocycles. The van der Waals surface area contributed by atoms with E-state index in [4.69, 9.17) is 5.11 Å². The third kappa shape index (κ3) is 2.65. The summed E-state index contributed by atoms with van der Waals surface area (Å²) >= 11 is 4.23. The molecule has 0 aromatic heterocycles. The van der Waals surface area contributed by atoms with Crippen molar-refractivity contribution in [3.63, 3.8) is 0 Å². The highest BCUT2D eigenvalue weighted by Crippen LogP contribution is 1.99. The maximum atomic E-state index is 8.66. The first-order chi connectivity index (χ1) is 3.18. The monoisotopic (exact) mass is 119 g/mol. The van der Waals surface area contributed by atoms with Crippen LogP contribution < -0.4 is 0 Å². The van der Waals surface area contributed by atoms with Crippen molar-refractivity contribution in [2.75, 3.05) is 0 Å². The molecule has 0 spiro atoms. The molecule has 0 aliphatic heterocycles. The van der Waals surface area contributed by atoms with E-state index in [2.05, 4.69) is 16.8 Å². The minimum absolute atomic E-state index is 0.150. The summed E-state index contributed by atoms with van der Waals surface area (Å²) in [7, 11) is 0. The molecule has 0 amide bonds. The van der Waals surface area contributed by atoms with Crippen molar-refractivity contribution in [1.29, 1.82) is 0 Å². The van der Waals surface area contributed by atoms with Crippen molar-refractivity contribution in [3.8, 4) is 0 Å². The Balaban J connectivity index is 3.33. The zero-order valence-electron chi connectivity index (χ0n) is 4.46. The van der Waals surface area contributed by atoms with Crippen molar-refractivity contribution in [3.05, 3.63) is 0 Å². The molecular weight excluding hydrogens is 110 g/mol. The quantitative estimate of drug-likeness (QED) is 0.580. The van der Waals surface area contributed by atoms with Crippen LogP contribution in [0.4, 0.5) is 0 Å². The maximum Gasteiger partial charge on any atom is 0.160 e. The molecule has 7 heavy (non-hydrogen) atoms. The van der Waals surface area contributed by atoms with Crippen molar-refractivity contribution in [2.24, 2.45) is 10.3 Å². The summed E-state index contributed by atoms with van der Waals surface area (Å²) in [4.78, 5) is 0. The van der Waals surface area contributed by atoms with Crippen molar-refractivity contribution in [2.45, 2.75) is 20.1 Å². The molecule has 0 bridgehead atoms. The van der Waals surface area contributed by atoms with Crippen LogP contribution in [-0.4, -0.2) is 11.3 Å². The van der Waals surface area contributed by atoms with Gasteiger partial charge in [-0.05, 0) is 0 Å². The Morgan fingerprint density at radius 2 is 2.00 bits per heavy atom. The van der Waals surface area contributed by atoms with Crippen LogP contribution in [-0.2, 0) is 12.4 Å². The molecule has 0 rings (SSSR count). The maximum absolute atomic E-state index is 8.66. The second-order valence-corrected chi connectivity index (χ2v) is 1.97. The zero-order valence-corrected chi connectivity index (χ0v) is 5.27. The lowest BCUT2D eigenvalue weighted by molar-refractivity contribution is 0.137. The van der Waals surface area contributed by atoms with E-state index in [0.29, 0.717) is 0 Å². The minimum Gasteiger partial charge on any atom is -0.371 e. The number of nitrogens with zero attached hydrogens (tertiary/aromatic N) is 1. The number of hydrogen-bond donors (Lipinski definition) is 1. The Hall–Kier alpha value is -0.0200. The summed E-state index contributed by atoms with van der Waals surface area (Å²) in [6.07, 6.45) is -0.657. The molecule has 1 unspecified atom stereocenters. The van der Waals surface area contributed by atoms with Gasteiger partial charge in [0, 0.05) is 18.3 Å². The Bertz CT molecular complexity index is 64.7. The van der Waals surface area contributed by atoms with E-state index in [9.17, 15) is 0 Å². The summed E-state index contributed by atoms with van der Waals surface area (Å²) < 4.78 is 3.23. The van der Waals surface area contributed by atoms with Gasteiger partial charge in [0.15, 0.2) is 6.23 Å². The Morgan fingerprint density at radius 3 is 2.00 bits per heavy atom. The van der Waals surface area contributed by atoms with Gasteiger partial charge in [0.05, 0.1) is 0 Å². The van der Waals surface area contributed by atoms with Crippen molar-refractivity contribution in [1.82, 2.24) is 0 Å². The van der Waals surface area contributed by atoms with Gasteiger partial charge in [0.1, 0.15) is 0 Å². The third-order valence-electron chi connectivity index (χ3n) is 0.704. The van der Waals surface area contributed by atoms with Crippen molar-refractivity contribution < 1.29 is 5.11 Å². The fourth-order valence-electron chi connectivity index (χ4n) is 0.122. The van der Waals surface area contributed by atoms with Gasteiger partial charge in [-0.25, -0.2) is 0 Å². The molecule has 0 radical (unpaired) electrons. The van der Waals surface area contributed by atoms with Crippen LogP contribution in [0.5, 0.6) is 0 Å². The molecule has 42 valence electrons. The molecular formula is C4H9NOS. The fourth-order valence-corrected chi connectivity index (χ4v) is 0.365. The van der Waals surface area contributed by atoms with Gasteiger partial charge < -0.3 is 5.11 Å². The Kier molecular flexibility index (Phi) is 3.04. The smallest absolute Gasteiger partial charge is 0.160 e. The number of hydrogen-bond acceptors (Lipinski definition) is 3. The second-order valence-electron chi connectivity index (χ2n) is 1.76. The number of aliphatic hydroxyl groups is 1. The highest BCUT2D eigenvalue weighted by Gasteiger charge is 2.03. The zero-order chi connectivity index (χ0) is 5.86. The summed E-state index contributed by atoms with van der Waals surface area (Å²) in [6, 6.07) is 0. The Labute approximate surface area is 48.7 Å². The average Bonchev–Trinajstić information content (AvgIpc) is 1.65. The molecule has 0 fully saturated rings. The number of aliphatic hydroxyl groups excluding tert-OH is 1. The van der Waals surface area contributed by atoms with Crippen LogP contribution in [0, 0.1) is 5.92 Å². The highest BCUT2D eigenvalue weighted by molar-refractivity contribution is 7.47. The SMILES string of the molecule is CC(C)C(O)N=S. The number of rotatable bonds is 2. The second kappa shape index (κ2) is 3.04. The average molecular weight is 119 g/mol. The van der Waals surface area contributed by atoms with Gasteiger partial charge in [0.25, 0.3) is 0 Å². The van der Waals surface area contributed by atoms with E-state index < -0.39 is 6.23 Å². The molecule has 0 aliphatic carbocycles. The first kappa shape index (κ1) is 6.98. The molecule has 0 aromatic rings. The molecule has 0 aromatic carbocycles. The summed E-state index contributed by atoms with van der Waals surface area (Å²) in [6.45, 7) is 3.72. The van der Waals surface area contributed by atoms with Gasteiger partial charge in [-0.2, -0.15) is 4.36 Å². The molecule has 1 atom stereocenters. The largest absolute Gasteiger partial charge is 0.371 e. The lowest BCUT2D eigenvalue weighted by atomic mass is 10.2. The van der Waals surface area contributed by atoms with E-state index in [1.165, 1.54) is 0 Å². The lowest BCUT2D eigenvalue weighted by Crippen LogP contribution is -2.09. The lowest BCUT2D eigenvalue weighted by Gasteiger charge is -2.04. The molecule has 3 heteroatoms. The third-order valence-corrected chi connectivity index (χ3v) is 0.920. The van der Waals surface area contributed by atoms with E-state index in [1.54, 1.807) is 0 Å². The van der Waals surface area contributed by atoms with Crippen LogP contribution in [0.3, 0.4) is 0 Å². The van der Waals surface area contributed by atoms with Gasteiger partial charge in [-0.15, -0.1) is 0 Å². The van der Waals surface area contributed by atoms with Crippen LogP contribution in [0.25, 0.3) is 0 Å². The predicted octanol–water partition coefficient (Wildman–Crippen LogP) is 0.691. The van der Waals surface area contributed by atoms with Crippen LogP contribution in [0.1, 0.15) is 13.8 Å². The first-order valence-electron chi connectivity index (χ1n) is 2.19. The fraction of sp³-hybridized carbons (Fsp3) is 1.00. The summed E-state index contributed by atoms with van der Waals surface area (Å²) in [5.41, 5.74) is 0. The summed E-state index contributed by atoms with van der Waals surface area (Å²) in [5.74, 6) is 0.150. The van der Waals surface area contributed by atoms with Gasteiger partial charge in [-0.3, -0.25) is 0 Å². The van der Waals surface area contributed by atoms with Gasteiger partial charge in [-0.1, -0.05) is 13.8 Å².